The van der Waals surface area contributed by atoms with Gasteiger partial charge in [0.15, 0.2) is 5.82 Å². The average molecular weight is 433 g/mol. The molecule has 2 aromatic heterocycles. The van der Waals surface area contributed by atoms with Gasteiger partial charge in [0, 0.05) is 44.5 Å². The van der Waals surface area contributed by atoms with E-state index in [2.05, 4.69) is 19.7 Å². The summed E-state index contributed by atoms with van der Waals surface area (Å²) in [6.45, 7) is 6.22. The third kappa shape index (κ3) is 4.11. The zero-order valence-electron chi connectivity index (χ0n) is 17.4. The number of piperidine rings is 1. The van der Waals surface area contributed by atoms with Crippen LogP contribution in [0, 0.1) is 0 Å². The van der Waals surface area contributed by atoms with Crippen LogP contribution in [0.1, 0.15) is 49.8 Å². The van der Waals surface area contributed by atoms with Crippen LogP contribution in [-0.4, -0.2) is 68.2 Å². The van der Waals surface area contributed by atoms with Crippen LogP contribution in [0.2, 0.25) is 0 Å². The highest BCUT2D eigenvalue weighted by molar-refractivity contribution is 7.89. The van der Waals surface area contributed by atoms with Gasteiger partial charge in [-0.15, -0.1) is 10.2 Å². The molecule has 0 bridgehead atoms. The topological polar surface area (TPSA) is 101 Å². The molecule has 0 saturated carbocycles. The first-order chi connectivity index (χ1) is 14.4. The first-order valence-corrected chi connectivity index (χ1v) is 11.9. The van der Waals surface area contributed by atoms with Crippen LogP contribution in [0.3, 0.4) is 0 Å². The van der Waals surface area contributed by atoms with E-state index in [0.29, 0.717) is 39.1 Å². The van der Waals surface area contributed by atoms with Gasteiger partial charge in [-0.25, -0.2) is 12.7 Å². The summed E-state index contributed by atoms with van der Waals surface area (Å²) in [5.41, 5.74) is 0.901. The minimum Gasteiger partial charge on any atom is -0.333 e. The number of fused-ring (bicyclic) bond motifs is 1. The highest BCUT2D eigenvalue weighted by Gasteiger charge is 2.34. The molecule has 1 fully saturated rings. The number of carbonyl (C=O) groups is 1. The van der Waals surface area contributed by atoms with E-state index in [1.165, 1.54) is 0 Å². The fourth-order valence-corrected chi connectivity index (χ4v) is 5.47. The molecule has 0 aliphatic carbocycles. The number of aromatic nitrogens is 4. The Kier molecular flexibility index (Phi) is 5.88. The standard InChI is InChI=1S/C20H28N6O3S/c1-15(2)30(28,29)25-8-5-17(6-9-25)20-23-22-18-14-24(10-11-26(18)20)19(27)12-16-4-3-7-21-13-16/h3-4,7,13,15,17H,5-6,8-12,14H2,1-2H3. The summed E-state index contributed by atoms with van der Waals surface area (Å²) in [7, 11) is -3.21. The first kappa shape index (κ1) is 20.9. The minimum atomic E-state index is -3.21. The second kappa shape index (κ2) is 8.43. The van der Waals surface area contributed by atoms with Crippen LogP contribution in [0.4, 0.5) is 0 Å². The van der Waals surface area contributed by atoms with Gasteiger partial charge < -0.3 is 9.47 Å². The summed E-state index contributed by atoms with van der Waals surface area (Å²) in [5, 5.41) is 8.36. The Balaban J connectivity index is 1.39. The molecule has 2 aliphatic heterocycles. The molecule has 0 N–H and O–H groups in total. The van der Waals surface area contributed by atoms with Crippen LogP contribution < -0.4 is 0 Å². The van der Waals surface area contributed by atoms with E-state index in [1.807, 2.05) is 17.0 Å². The maximum atomic E-state index is 12.6. The molecule has 1 amide bonds. The normalized spacial score (nSPS) is 18.6. The summed E-state index contributed by atoms with van der Waals surface area (Å²) >= 11 is 0. The number of carbonyl (C=O) groups excluding carboxylic acids is 1. The summed E-state index contributed by atoms with van der Waals surface area (Å²) in [5.74, 6) is 1.98. The molecule has 0 radical (unpaired) electrons. The van der Waals surface area contributed by atoms with Gasteiger partial charge in [0.05, 0.1) is 18.2 Å². The van der Waals surface area contributed by atoms with Crippen molar-refractivity contribution in [2.45, 2.75) is 57.4 Å². The van der Waals surface area contributed by atoms with Crippen molar-refractivity contribution in [3.05, 3.63) is 41.7 Å². The fraction of sp³-hybridized carbons (Fsp3) is 0.600. The first-order valence-electron chi connectivity index (χ1n) is 10.4. The number of nitrogens with zero attached hydrogens (tertiary/aromatic N) is 6. The van der Waals surface area contributed by atoms with Gasteiger partial charge in [-0.05, 0) is 38.3 Å². The van der Waals surface area contributed by atoms with Crippen LogP contribution in [0.15, 0.2) is 24.5 Å². The lowest BCUT2D eigenvalue weighted by Crippen LogP contribution is -2.42. The van der Waals surface area contributed by atoms with Crippen molar-refractivity contribution in [2.24, 2.45) is 0 Å². The van der Waals surface area contributed by atoms with E-state index in [-0.39, 0.29) is 11.8 Å². The lowest BCUT2D eigenvalue weighted by atomic mass is 9.97. The molecular weight excluding hydrogens is 404 g/mol. The smallest absolute Gasteiger partial charge is 0.227 e. The van der Waals surface area contributed by atoms with Crippen LogP contribution in [0.5, 0.6) is 0 Å². The number of hydrogen-bond donors (Lipinski definition) is 0. The van der Waals surface area contributed by atoms with Crippen molar-refractivity contribution in [1.29, 1.82) is 0 Å². The zero-order valence-corrected chi connectivity index (χ0v) is 18.3. The van der Waals surface area contributed by atoms with Crippen molar-refractivity contribution >= 4 is 15.9 Å². The Morgan fingerprint density at radius 2 is 1.93 bits per heavy atom. The van der Waals surface area contributed by atoms with Crippen molar-refractivity contribution in [1.82, 2.24) is 29.0 Å². The maximum Gasteiger partial charge on any atom is 0.227 e. The van der Waals surface area contributed by atoms with E-state index in [4.69, 9.17) is 0 Å². The molecule has 0 aromatic carbocycles. The minimum absolute atomic E-state index is 0.0611. The largest absolute Gasteiger partial charge is 0.333 e. The molecule has 0 spiro atoms. The molecule has 4 rings (SSSR count). The zero-order chi connectivity index (χ0) is 21.3. The summed E-state index contributed by atoms with van der Waals surface area (Å²) < 4.78 is 28.5. The Morgan fingerprint density at radius 1 is 1.17 bits per heavy atom. The molecule has 30 heavy (non-hydrogen) atoms. The number of hydrogen-bond acceptors (Lipinski definition) is 6. The van der Waals surface area contributed by atoms with Gasteiger partial charge in [0.2, 0.25) is 15.9 Å². The molecule has 162 valence electrons. The third-order valence-corrected chi connectivity index (χ3v) is 8.26. The lowest BCUT2D eigenvalue weighted by molar-refractivity contribution is -0.132. The summed E-state index contributed by atoms with van der Waals surface area (Å²) in [6.07, 6.45) is 5.23. The van der Waals surface area contributed by atoms with Gasteiger partial charge in [-0.2, -0.15) is 0 Å². The Hall–Kier alpha value is -2.33. The summed E-state index contributed by atoms with van der Waals surface area (Å²) in [4.78, 5) is 18.5. The number of rotatable bonds is 5. The van der Waals surface area contributed by atoms with Crippen LogP contribution in [0.25, 0.3) is 0 Å². The SMILES string of the molecule is CC(C)S(=O)(=O)N1CCC(c2nnc3n2CCN(C(=O)Cc2cccnc2)C3)CC1. The van der Waals surface area contributed by atoms with E-state index in [9.17, 15) is 13.2 Å². The monoisotopic (exact) mass is 432 g/mol. The van der Waals surface area contributed by atoms with Gasteiger partial charge in [0.1, 0.15) is 5.82 Å². The molecule has 0 unspecified atom stereocenters. The molecule has 10 heteroatoms. The van der Waals surface area contributed by atoms with Crippen molar-refractivity contribution in [3.63, 3.8) is 0 Å². The Morgan fingerprint density at radius 3 is 2.60 bits per heavy atom. The average Bonchev–Trinajstić information content (AvgIpc) is 3.17. The van der Waals surface area contributed by atoms with Crippen LogP contribution >= 0.6 is 0 Å². The van der Waals surface area contributed by atoms with Gasteiger partial charge in [-0.1, -0.05) is 6.07 Å². The highest BCUT2D eigenvalue weighted by Crippen LogP contribution is 2.30. The van der Waals surface area contributed by atoms with Crippen molar-refractivity contribution < 1.29 is 13.2 Å². The highest BCUT2D eigenvalue weighted by atomic mass is 32.2. The fourth-order valence-electron chi connectivity index (χ4n) is 4.15. The molecule has 2 aliphatic rings. The van der Waals surface area contributed by atoms with E-state index in [0.717, 1.165) is 30.1 Å². The molecule has 1 saturated heterocycles. The van der Waals surface area contributed by atoms with E-state index >= 15 is 0 Å². The lowest BCUT2D eigenvalue weighted by Gasteiger charge is -2.33. The van der Waals surface area contributed by atoms with Gasteiger partial charge in [-0.3, -0.25) is 9.78 Å². The molecule has 4 heterocycles. The van der Waals surface area contributed by atoms with Crippen molar-refractivity contribution in [2.75, 3.05) is 19.6 Å². The second-order valence-electron chi connectivity index (χ2n) is 8.25. The molecular formula is C20H28N6O3S. The second-order valence-corrected chi connectivity index (χ2v) is 10.7. The van der Waals surface area contributed by atoms with E-state index in [1.54, 1.807) is 30.5 Å². The predicted octanol–water partition coefficient (Wildman–Crippen LogP) is 1.18. The summed E-state index contributed by atoms with van der Waals surface area (Å²) in [6, 6.07) is 3.74. The molecule has 9 nitrogen and oxygen atoms in total. The van der Waals surface area contributed by atoms with Crippen LogP contribution in [-0.2, 0) is 34.3 Å². The maximum absolute atomic E-state index is 12.6. The predicted molar refractivity (Wildman–Crippen MR) is 111 cm³/mol. The number of sulfonamides is 1. The van der Waals surface area contributed by atoms with Gasteiger partial charge in [0.25, 0.3) is 0 Å². The number of pyridine rings is 1. The number of amides is 1. The molecule has 2 aromatic rings. The van der Waals surface area contributed by atoms with E-state index < -0.39 is 15.3 Å². The Bertz CT molecular complexity index is 997. The third-order valence-electron chi connectivity index (χ3n) is 5.99. The Labute approximate surface area is 177 Å². The quantitative estimate of drug-likeness (QED) is 0.703. The molecule has 0 atom stereocenters. The van der Waals surface area contributed by atoms with Crippen molar-refractivity contribution in [3.8, 4) is 0 Å². The van der Waals surface area contributed by atoms with Gasteiger partial charge >= 0.3 is 0 Å².